The Morgan fingerprint density at radius 2 is 2.09 bits per heavy atom. The van der Waals surface area contributed by atoms with E-state index in [4.69, 9.17) is 16.2 Å². The van der Waals surface area contributed by atoms with Crippen LogP contribution in [0.3, 0.4) is 0 Å². The van der Waals surface area contributed by atoms with Gasteiger partial charge in [-0.2, -0.15) is 13.2 Å². The zero-order valence-corrected chi connectivity index (χ0v) is 12.2. The second-order valence-electron chi connectivity index (χ2n) is 6.25. The summed E-state index contributed by atoms with van der Waals surface area (Å²) < 4.78 is 45.0. The predicted octanol–water partition coefficient (Wildman–Crippen LogP) is 1.81. The van der Waals surface area contributed by atoms with Crippen molar-refractivity contribution in [1.82, 2.24) is 0 Å². The number of piperidine rings is 1. The average Bonchev–Trinajstić information content (AvgIpc) is 2.45. The first kappa shape index (κ1) is 15.4. The van der Waals surface area contributed by atoms with E-state index >= 15 is 0 Å². The van der Waals surface area contributed by atoms with E-state index in [9.17, 15) is 13.2 Å². The maximum absolute atomic E-state index is 13.1. The van der Waals surface area contributed by atoms with Crippen LogP contribution in [0.1, 0.15) is 18.4 Å². The fraction of sp³-hybridized carbons (Fsp3) is 0.600. The Morgan fingerprint density at radius 3 is 2.82 bits per heavy atom. The lowest BCUT2D eigenvalue weighted by molar-refractivity contribution is -0.187. The van der Waals surface area contributed by atoms with Gasteiger partial charge in [0.15, 0.2) is 0 Å². The van der Waals surface area contributed by atoms with E-state index in [0.717, 1.165) is 12.0 Å². The number of hydrogen-bond acceptors (Lipinski definition) is 4. The number of anilines is 1. The highest BCUT2D eigenvalue weighted by Crippen LogP contribution is 2.38. The van der Waals surface area contributed by atoms with Crippen LogP contribution in [0.2, 0.25) is 0 Å². The van der Waals surface area contributed by atoms with Crippen LogP contribution in [0, 0.1) is 0 Å². The highest BCUT2D eigenvalue weighted by Gasteiger charge is 2.53. The minimum atomic E-state index is -4.40. The van der Waals surface area contributed by atoms with Gasteiger partial charge in [-0.3, -0.25) is 0 Å². The third-order valence-corrected chi connectivity index (χ3v) is 4.44. The van der Waals surface area contributed by atoms with Crippen molar-refractivity contribution in [3.63, 3.8) is 0 Å². The first-order chi connectivity index (χ1) is 10.3. The maximum atomic E-state index is 13.1. The monoisotopic (exact) mass is 315 g/mol. The lowest BCUT2D eigenvalue weighted by Crippen LogP contribution is -2.63. The van der Waals surface area contributed by atoms with Crippen LogP contribution in [0.15, 0.2) is 18.2 Å². The van der Waals surface area contributed by atoms with E-state index in [1.165, 1.54) is 0 Å². The third-order valence-electron chi connectivity index (χ3n) is 4.44. The Bertz CT molecular complexity index is 563. The molecule has 0 unspecified atom stereocenters. The minimum Gasteiger partial charge on any atom is -0.492 e. The molecule has 0 aromatic heterocycles. The summed E-state index contributed by atoms with van der Waals surface area (Å²) in [6.45, 7) is 0.766. The first-order valence-corrected chi connectivity index (χ1v) is 7.40. The normalized spacial score (nSPS) is 29.0. The number of hydrogen-bond donors (Lipinski definition) is 2. The van der Waals surface area contributed by atoms with Crippen molar-refractivity contribution >= 4 is 5.69 Å². The van der Waals surface area contributed by atoms with Gasteiger partial charge in [0, 0.05) is 30.9 Å². The summed E-state index contributed by atoms with van der Waals surface area (Å²) in [5.74, 6) is 0.708. The van der Waals surface area contributed by atoms with Crippen molar-refractivity contribution in [2.45, 2.75) is 37.0 Å². The summed E-state index contributed by atoms with van der Waals surface area (Å²) >= 11 is 0. The lowest BCUT2D eigenvalue weighted by Gasteiger charge is -2.42. The zero-order valence-electron chi connectivity index (χ0n) is 12.2. The Kier molecular flexibility index (Phi) is 3.72. The summed E-state index contributed by atoms with van der Waals surface area (Å²) in [4.78, 5) is 1.69. The van der Waals surface area contributed by atoms with Gasteiger partial charge in [0.05, 0.1) is 0 Å². The van der Waals surface area contributed by atoms with E-state index < -0.39 is 11.7 Å². The molecular weight excluding hydrogens is 295 g/mol. The molecule has 1 saturated heterocycles. The van der Waals surface area contributed by atoms with Gasteiger partial charge < -0.3 is 21.1 Å². The average molecular weight is 315 g/mol. The number of rotatable bonds is 1. The number of ether oxygens (including phenoxy) is 1. The molecule has 1 aromatic carbocycles. The van der Waals surface area contributed by atoms with Gasteiger partial charge in [0.2, 0.25) is 0 Å². The SMILES string of the molecule is N[C@H]1COc2cc(N3CCC[C@](N)(C(F)(F)F)C3)ccc2C1. The first-order valence-electron chi connectivity index (χ1n) is 7.40. The Balaban J connectivity index is 1.82. The van der Waals surface area contributed by atoms with E-state index in [1.807, 2.05) is 12.1 Å². The summed E-state index contributed by atoms with van der Waals surface area (Å²) in [6.07, 6.45) is -3.30. The quantitative estimate of drug-likeness (QED) is 0.829. The molecule has 2 heterocycles. The summed E-state index contributed by atoms with van der Waals surface area (Å²) in [5, 5.41) is 0. The van der Waals surface area contributed by atoms with Gasteiger partial charge in [0.25, 0.3) is 0 Å². The van der Waals surface area contributed by atoms with Gasteiger partial charge in [-0.25, -0.2) is 0 Å². The minimum absolute atomic E-state index is 0.0322. The highest BCUT2D eigenvalue weighted by molar-refractivity contribution is 5.55. The highest BCUT2D eigenvalue weighted by atomic mass is 19.4. The molecule has 0 bridgehead atoms. The largest absolute Gasteiger partial charge is 0.492 e. The Hall–Kier alpha value is -1.47. The van der Waals surface area contributed by atoms with E-state index in [-0.39, 0.29) is 19.0 Å². The molecule has 1 aromatic rings. The van der Waals surface area contributed by atoms with Crippen molar-refractivity contribution in [3.8, 4) is 5.75 Å². The second-order valence-corrected chi connectivity index (χ2v) is 6.25. The molecule has 3 rings (SSSR count). The van der Waals surface area contributed by atoms with Crippen LogP contribution in [0.25, 0.3) is 0 Å². The summed E-state index contributed by atoms with van der Waals surface area (Å²) in [5.41, 5.74) is 11.0. The zero-order chi connectivity index (χ0) is 16.0. The van der Waals surface area contributed by atoms with Crippen LogP contribution >= 0.6 is 0 Å². The van der Waals surface area contributed by atoms with Crippen LogP contribution in [-0.4, -0.2) is 37.5 Å². The maximum Gasteiger partial charge on any atom is 0.408 e. The molecule has 0 saturated carbocycles. The van der Waals surface area contributed by atoms with Gasteiger partial charge in [-0.05, 0) is 30.9 Å². The number of fused-ring (bicyclic) bond motifs is 1. The molecular formula is C15H20F3N3O. The molecule has 0 amide bonds. The molecule has 2 aliphatic rings. The molecule has 7 heteroatoms. The molecule has 22 heavy (non-hydrogen) atoms. The molecule has 0 aliphatic carbocycles. The van der Waals surface area contributed by atoms with Crippen molar-refractivity contribution in [2.75, 3.05) is 24.6 Å². The fourth-order valence-electron chi connectivity index (χ4n) is 3.12. The topological polar surface area (TPSA) is 64.5 Å². The van der Waals surface area contributed by atoms with Crippen molar-refractivity contribution in [1.29, 1.82) is 0 Å². The molecule has 0 radical (unpaired) electrons. The van der Waals surface area contributed by atoms with Gasteiger partial charge in [0.1, 0.15) is 17.9 Å². The number of nitrogens with two attached hydrogens (primary N) is 2. The standard InChI is InChI=1S/C15H20F3N3O/c16-15(17,18)14(20)4-1-5-21(9-14)12-3-2-10-6-11(19)8-22-13(10)7-12/h2-3,7,11H,1,4-6,8-9,19-20H2/t11-,14-/m1/s1. The van der Waals surface area contributed by atoms with Crippen molar-refractivity contribution in [3.05, 3.63) is 23.8 Å². The molecule has 122 valence electrons. The number of benzene rings is 1. The Morgan fingerprint density at radius 1 is 1.32 bits per heavy atom. The van der Waals surface area contributed by atoms with E-state index in [2.05, 4.69) is 0 Å². The van der Waals surface area contributed by atoms with Crippen LogP contribution in [0.4, 0.5) is 18.9 Å². The smallest absolute Gasteiger partial charge is 0.408 e. The van der Waals surface area contributed by atoms with Gasteiger partial charge in [-0.15, -0.1) is 0 Å². The van der Waals surface area contributed by atoms with E-state index in [1.54, 1.807) is 11.0 Å². The van der Waals surface area contributed by atoms with Crippen molar-refractivity contribution < 1.29 is 17.9 Å². The lowest BCUT2D eigenvalue weighted by atomic mass is 9.89. The van der Waals surface area contributed by atoms with Crippen LogP contribution < -0.4 is 21.1 Å². The fourth-order valence-corrected chi connectivity index (χ4v) is 3.12. The third kappa shape index (κ3) is 2.75. The number of nitrogens with zero attached hydrogens (tertiary/aromatic N) is 1. The predicted molar refractivity (Wildman–Crippen MR) is 78.0 cm³/mol. The Labute approximate surface area is 127 Å². The second kappa shape index (κ2) is 5.31. The van der Waals surface area contributed by atoms with Gasteiger partial charge >= 0.3 is 6.18 Å². The molecule has 0 spiro atoms. The molecule has 1 fully saturated rings. The van der Waals surface area contributed by atoms with Gasteiger partial charge in [-0.1, -0.05) is 6.07 Å². The van der Waals surface area contributed by atoms with Crippen molar-refractivity contribution in [2.24, 2.45) is 11.5 Å². The van der Waals surface area contributed by atoms with Crippen LogP contribution in [0.5, 0.6) is 5.75 Å². The van der Waals surface area contributed by atoms with E-state index in [0.29, 0.717) is 31.0 Å². The number of halogens is 3. The van der Waals surface area contributed by atoms with Crippen LogP contribution in [-0.2, 0) is 6.42 Å². The number of alkyl halides is 3. The molecule has 2 atom stereocenters. The molecule has 4 N–H and O–H groups in total. The molecule has 4 nitrogen and oxygen atoms in total. The summed E-state index contributed by atoms with van der Waals surface area (Å²) in [7, 11) is 0. The summed E-state index contributed by atoms with van der Waals surface area (Å²) in [6, 6.07) is 5.46. The molecule has 2 aliphatic heterocycles.